The third-order valence-corrected chi connectivity index (χ3v) is 2.38. The molecule has 1 unspecified atom stereocenters. The first kappa shape index (κ1) is 19.9. The Hall–Kier alpha value is -1.39. The van der Waals surface area contributed by atoms with Gasteiger partial charge in [-0.2, -0.15) is 0 Å². The van der Waals surface area contributed by atoms with Crippen molar-refractivity contribution in [2.24, 2.45) is 0 Å². The largest absolute Gasteiger partial charge is 0.480 e. The van der Waals surface area contributed by atoms with Crippen LogP contribution in [0.25, 0.3) is 0 Å². The smallest absolute Gasteiger partial charge is 0.321 e. The Morgan fingerprint density at radius 1 is 1.11 bits per heavy atom. The van der Waals surface area contributed by atoms with Gasteiger partial charge in [0.05, 0.1) is 0 Å². The van der Waals surface area contributed by atoms with Gasteiger partial charge in [0.15, 0.2) is 0 Å². The van der Waals surface area contributed by atoms with Gasteiger partial charge in [-0.25, -0.2) is 0 Å². The average Bonchev–Trinajstić information content (AvgIpc) is 2.52. The molecule has 4 nitrogen and oxygen atoms in total. The van der Waals surface area contributed by atoms with Gasteiger partial charge in [0.25, 0.3) is 0 Å². The monoisotopic (exact) mass is 269 g/mol. The maximum atomic E-state index is 10.7. The Morgan fingerprint density at radius 2 is 1.58 bits per heavy atom. The highest BCUT2D eigenvalue weighted by molar-refractivity contribution is 5.74. The minimum absolute atomic E-state index is 0.421. The molecule has 4 heteroatoms. The molecular weight excluding hydrogens is 242 g/mol. The van der Waals surface area contributed by atoms with Crippen molar-refractivity contribution >= 4 is 5.97 Å². The van der Waals surface area contributed by atoms with Crippen molar-refractivity contribution in [3.05, 3.63) is 35.4 Å². The van der Waals surface area contributed by atoms with Crippen molar-refractivity contribution in [2.45, 2.75) is 46.7 Å². The number of aliphatic carboxylic acids is 1. The molecule has 1 heterocycles. The van der Waals surface area contributed by atoms with Gasteiger partial charge in [-0.05, 0) is 17.5 Å². The number of rotatable bonds is 1. The third kappa shape index (κ3) is 6.94. The Bertz CT molecular complexity index is 340. The zero-order valence-electron chi connectivity index (χ0n) is 12.6. The molecule has 0 fully saturated rings. The van der Waals surface area contributed by atoms with Gasteiger partial charge < -0.3 is 15.5 Å². The summed E-state index contributed by atoms with van der Waals surface area (Å²) in [5.74, 6) is -0.769. The summed E-state index contributed by atoms with van der Waals surface area (Å²) >= 11 is 0. The Balaban J connectivity index is 0. The van der Waals surface area contributed by atoms with Crippen LogP contribution in [-0.2, 0) is 17.8 Å². The third-order valence-electron chi connectivity index (χ3n) is 2.38. The average molecular weight is 269 g/mol. The summed E-state index contributed by atoms with van der Waals surface area (Å²) in [5, 5.41) is 18.8. The molecule has 2 rings (SSSR count). The fourth-order valence-corrected chi connectivity index (χ4v) is 1.63. The van der Waals surface area contributed by atoms with Crippen molar-refractivity contribution < 1.29 is 15.0 Å². The Kier molecular flexibility index (Phi) is 13.7. The molecule has 1 aromatic rings. The molecule has 3 N–H and O–H groups in total. The summed E-state index contributed by atoms with van der Waals surface area (Å²) in [6.07, 6.45) is 0.589. The lowest BCUT2D eigenvalue weighted by atomic mass is 9.96. The lowest BCUT2D eigenvalue weighted by Crippen LogP contribution is -2.41. The normalized spacial score (nSPS) is 15.2. The second kappa shape index (κ2) is 13.1. The SMILES string of the molecule is CC.CC.CO.O=C(O)C1Cc2ccccc2CN1. The number of aliphatic hydroxyl groups is 1. The molecule has 0 bridgehead atoms. The molecule has 1 aliphatic rings. The number of carbonyl (C=O) groups is 1. The van der Waals surface area contributed by atoms with Crippen LogP contribution in [0.3, 0.4) is 0 Å². The quantitative estimate of drug-likeness (QED) is 0.732. The summed E-state index contributed by atoms with van der Waals surface area (Å²) < 4.78 is 0. The summed E-state index contributed by atoms with van der Waals surface area (Å²) in [5.41, 5.74) is 2.36. The molecular formula is C15H27NO3. The predicted octanol–water partition coefficient (Wildman–Crippen LogP) is 2.45. The van der Waals surface area contributed by atoms with E-state index in [1.807, 2.05) is 52.0 Å². The van der Waals surface area contributed by atoms with Crippen LogP contribution in [0.5, 0.6) is 0 Å². The lowest BCUT2D eigenvalue weighted by molar-refractivity contribution is -0.139. The number of carboxylic acid groups (broad SMARTS) is 1. The number of nitrogens with one attached hydrogen (secondary N) is 1. The number of aliphatic hydroxyl groups excluding tert-OH is 1. The Labute approximate surface area is 116 Å². The minimum atomic E-state index is -0.769. The van der Waals surface area contributed by atoms with Gasteiger partial charge in [-0.3, -0.25) is 4.79 Å². The van der Waals surface area contributed by atoms with Crippen molar-refractivity contribution in [2.75, 3.05) is 7.11 Å². The van der Waals surface area contributed by atoms with E-state index in [9.17, 15) is 4.79 Å². The van der Waals surface area contributed by atoms with E-state index in [-0.39, 0.29) is 0 Å². The predicted molar refractivity (Wildman–Crippen MR) is 79.2 cm³/mol. The van der Waals surface area contributed by atoms with Gasteiger partial charge >= 0.3 is 5.97 Å². The summed E-state index contributed by atoms with van der Waals surface area (Å²) in [4.78, 5) is 10.7. The van der Waals surface area contributed by atoms with Crippen LogP contribution in [-0.4, -0.2) is 29.3 Å². The van der Waals surface area contributed by atoms with Gasteiger partial charge in [0, 0.05) is 13.7 Å². The second-order valence-corrected chi connectivity index (χ2v) is 3.24. The van der Waals surface area contributed by atoms with E-state index in [1.165, 1.54) is 5.56 Å². The Morgan fingerprint density at radius 3 is 2.05 bits per heavy atom. The highest BCUT2D eigenvalue weighted by Crippen LogP contribution is 2.15. The fraction of sp³-hybridized carbons (Fsp3) is 0.533. The number of carboxylic acids is 1. The summed E-state index contributed by atoms with van der Waals surface area (Å²) in [7, 11) is 1.00. The number of fused-ring (bicyclic) bond motifs is 1. The molecule has 0 spiro atoms. The van der Waals surface area contributed by atoms with E-state index >= 15 is 0 Å². The van der Waals surface area contributed by atoms with Crippen LogP contribution in [0, 0.1) is 0 Å². The number of hydrogen-bond donors (Lipinski definition) is 3. The number of benzene rings is 1. The molecule has 0 amide bonds. The first-order chi connectivity index (χ1) is 9.27. The molecule has 0 saturated heterocycles. The molecule has 1 atom stereocenters. The lowest BCUT2D eigenvalue weighted by Gasteiger charge is -2.22. The van der Waals surface area contributed by atoms with Crippen molar-refractivity contribution in [1.29, 1.82) is 0 Å². The molecule has 0 aliphatic carbocycles. The fourth-order valence-electron chi connectivity index (χ4n) is 1.63. The van der Waals surface area contributed by atoms with E-state index in [0.29, 0.717) is 13.0 Å². The topological polar surface area (TPSA) is 69.6 Å². The first-order valence-corrected chi connectivity index (χ1v) is 6.75. The van der Waals surface area contributed by atoms with Gasteiger partial charge in [0.1, 0.15) is 6.04 Å². The molecule has 0 radical (unpaired) electrons. The first-order valence-electron chi connectivity index (χ1n) is 6.75. The second-order valence-electron chi connectivity index (χ2n) is 3.24. The summed E-state index contributed by atoms with van der Waals surface area (Å²) in [6, 6.07) is 7.52. The van der Waals surface area contributed by atoms with Gasteiger partial charge in [0.2, 0.25) is 0 Å². The van der Waals surface area contributed by atoms with Crippen molar-refractivity contribution in [3.63, 3.8) is 0 Å². The van der Waals surface area contributed by atoms with Crippen molar-refractivity contribution in [1.82, 2.24) is 5.32 Å². The van der Waals surface area contributed by atoms with E-state index in [1.54, 1.807) is 0 Å². The van der Waals surface area contributed by atoms with E-state index in [4.69, 9.17) is 10.2 Å². The van der Waals surface area contributed by atoms with Gasteiger partial charge in [-0.15, -0.1) is 0 Å². The maximum absolute atomic E-state index is 10.7. The van der Waals surface area contributed by atoms with Crippen LogP contribution >= 0.6 is 0 Å². The highest BCUT2D eigenvalue weighted by Gasteiger charge is 2.22. The van der Waals surface area contributed by atoms with Crippen LogP contribution in [0.4, 0.5) is 0 Å². The van der Waals surface area contributed by atoms with E-state index in [2.05, 4.69) is 5.32 Å². The van der Waals surface area contributed by atoms with Crippen molar-refractivity contribution in [3.8, 4) is 0 Å². The summed E-state index contributed by atoms with van der Waals surface area (Å²) in [6.45, 7) is 8.66. The van der Waals surface area contributed by atoms with Crippen LogP contribution in [0.1, 0.15) is 38.8 Å². The maximum Gasteiger partial charge on any atom is 0.321 e. The minimum Gasteiger partial charge on any atom is -0.480 e. The molecule has 110 valence electrons. The van der Waals surface area contributed by atoms with Crippen LogP contribution in [0.2, 0.25) is 0 Å². The van der Waals surface area contributed by atoms with Gasteiger partial charge in [-0.1, -0.05) is 52.0 Å². The number of hydrogen-bond acceptors (Lipinski definition) is 3. The zero-order chi connectivity index (χ0) is 15.3. The molecule has 19 heavy (non-hydrogen) atoms. The molecule has 0 saturated carbocycles. The van der Waals surface area contributed by atoms with Crippen LogP contribution < -0.4 is 5.32 Å². The molecule has 1 aliphatic heterocycles. The van der Waals surface area contributed by atoms with E-state index in [0.717, 1.165) is 12.7 Å². The standard InChI is InChI=1S/C10H11NO2.2C2H6.CH4O/c12-10(13)9-5-7-3-1-2-4-8(7)6-11-9;3*1-2/h1-4,9,11H,5-6H2,(H,12,13);2*1-2H3;2H,1H3. The molecule has 0 aromatic heterocycles. The van der Waals surface area contributed by atoms with E-state index < -0.39 is 12.0 Å². The van der Waals surface area contributed by atoms with Crippen LogP contribution in [0.15, 0.2) is 24.3 Å². The highest BCUT2D eigenvalue weighted by atomic mass is 16.4. The zero-order valence-corrected chi connectivity index (χ0v) is 12.6. The molecule has 1 aromatic carbocycles.